The predicted molar refractivity (Wildman–Crippen MR) is 172 cm³/mol. The topological polar surface area (TPSA) is 159 Å². The summed E-state index contributed by atoms with van der Waals surface area (Å²) in [6, 6.07) is 0. The number of carbonyl (C=O) groups excluding carboxylic acids is 1. The molecule has 0 aliphatic heterocycles. The summed E-state index contributed by atoms with van der Waals surface area (Å²) >= 11 is 0. The van der Waals surface area contributed by atoms with Gasteiger partial charge in [-0.3, -0.25) is 4.79 Å². The van der Waals surface area contributed by atoms with E-state index in [0.717, 1.165) is 70.6 Å². The molecule has 8 aliphatic carbocycles. The van der Waals surface area contributed by atoms with Gasteiger partial charge in [0.25, 0.3) is 0 Å². The lowest BCUT2D eigenvalue weighted by atomic mass is 9.43. The molecule has 0 heterocycles. The van der Waals surface area contributed by atoms with Gasteiger partial charge in [0.05, 0.1) is 42.7 Å². The van der Waals surface area contributed by atoms with Gasteiger partial charge in [0.1, 0.15) is 5.78 Å². The lowest BCUT2D eigenvalue weighted by Gasteiger charge is -2.63. The highest BCUT2D eigenvalue weighted by atomic mass is 16.3. The van der Waals surface area contributed by atoms with Crippen LogP contribution in [0.3, 0.4) is 0 Å². The van der Waals surface area contributed by atoms with Crippen LogP contribution in [0.15, 0.2) is 0 Å². The van der Waals surface area contributed by atoms with Gasteiger partial charge < -0.3 is 35.7 Å². The third kappa shape index (κ3) is 4.66. The molecule has 8 heteroatoms. The van der Waals surface area contributed by atoms with Gasteiger partial charge in [0, 0.05) is 11.8 Å². The Morgan fingerprint density at radius 2 is 0.935 bits per heavy atom. The Balaban J connectivity index is 0.000000147. The van der Waals surface area contributed by atoms with Crippen LogP contribution in [0, 0.1) is 69.0 Å². The Kier molecular flexibility index (Phi) is 8.44. The van der Waals surface area contributed by atoms with Crippen LogP contribution in [0.5, 0.6) is 0 Å². The van der Waals surface area contributed by atoms with Crippen LogP contribution in [-0.4, -0.2) is 84.3 Å². The second kappa shape index (κ2) is 11.5. The standard InChI is InChI=1S/C19H32O4.C19H30O4/c2*1-18-7-5-10(20)9-13(18)16(22)17(23)15-11-3-4-14(21)19(11,2)8-6-12(15)18/h10-17,20-23H,3-9H2,1-2H3;10-13,15-17,20,22-23H,3-9H2,1-2H3/t10-,11?,12?,13?,14+,15?,16-,17-,18-,19+;10-,11?,12?,13?,15?,16-,17-,18-,19+/m11/s1. The first kappa shape index (κ1) is 33.9. The van der Waals surface area contributed by atoms with Crippen molar-refractivity contribution < 1.29 is 40.5 Å². The van der Waals surface area contributed by atoms with E-state index in [1.165, 1.54) is 0 Å². The fraction of sp³-hybridized carbons (Fsp3) is 0.974. The van der Waals surface area contributed by atoms with Crippen LogP contribution < -0.4 is 0 Å². The van der Waals surface area contributed by atoms with Crippen molar-refractivity contribution >= 4 is 5.78 Å². The van der Waals surface area contributed by atoms with Crippen molar-refractivity contribution in [2.45, 2.75) is 160 Å². The molecule has 8 nitrogen and oxygen atoms in total. The Labute approximate surface area is 275 Å². The zero-order valence-electron chi connectivity index (χ0n) is 28.6. The quantitative estimate of drug-likeness (QED) is 0.210. The molecule has 0 spiro atoms. The number of aliphatic hydroxyl groups excluding tert-OH is 7. The van der Waals surface area contributed by atoms with Gasteiger partial charge in [-0.05, 0) is 147 Å². The third-order valence-electron chi connectivity index (χ3n) is 17.1. The molecule has 8 rings (SSSR count). The first-order valence-corrected chi connectivity index (χ1v) is 18.9. The van der Waals surface area contributed by atoms with E-state index in [9.17, 15) is 40.5 Å². The number of Topliss-reactive ketones (excluding diaryl/α,β-unsaturated/α-hetero) is 1. The van der Waals surface area contributed by atoms with Gasteiger partial charge in [-0.1, -0.05) is 27.7 Å². The van der Waals surface area contributed by atoms with Crippen molar-refractivity contribution in [1.82, 2.24) is 0 Å². The average Bonchev–Trinajstić information content (AvgIpc) is 3.50. The summed E-state index contributed by atoms with van der Waals surface area (Å²) < 4.78 is 0. The van der Waals surface area contributed by atoms with Crippen molar-refractivity contribution in [1.29, 1.82) is 0 Å². The van der Waals surface area contributed by atoms with Gasteiger partial charge in [0.2, 0.25) is 0 Å². The second-order valence-corrected chi connectivity index (χ2v) is 18.7. The molecule has 0 saturated heterocycles. The molecule has 262 valence electrons. The van der Waals surface area contributed by atoms with Gasteiger partial charge in [0.15, 0.2) is 0 Å². The molecule has 8 fully saturated rings. The maximum absolute atomic E-state index is 12.4. The SMILES string of the molecule is C[C@]12CC[C@@H](O)CC1[C@@H](O)[C@H](O)C1C2CC[C@@]2(C)C1CC[C@@H]2O.C[C@]12CC[C@@H](O)CC1[C@@H](O)[C@H](O)C1C2CC[C@]2(C)C(=O)CCC12. The summed E-state index contributed by atoms with van der Waals surface area (Å²) in [6.45, 7) is 8.81. The molecule has 0 aromatic heterocycles. The van der Waals surface area contributed by atoms with Crippen LogP contribution in [-0.2, 0) is 4.79 Å². The molecule has 8 saturated carbocycles. The molecular formula is C38H62O8. The van der Waals surface area contributed by atoms with Crippen LogP contribution in [0.25, 0.3) is 0 Å². The van der Waals surface area contributed by atoms with Crippen LogP contribution >= 0.6 is 0 Å². The Hall–Kier alpha value is -0.610. The number of ketones is 1. The van der Waals surface area contributed by atoms with Gasteiger partial charge in [-0.15, -0.1) is 0 Å². The summed E-state index contributed by atoms with van der Waals surface area (Å²) in [4.78, 5) is 12.4. The number of fused-ring (bicyclic) bond motifs is 10. The van der Waals surface area contributed by atoms with E-state index in [4.69, 9.17) is 0 Å². The first-order chi connectivity index (χ1) is 21.6. The van der Waals surface area contributed by atoms with E-state index in [1.807, 2.05) is 0 Å². The van der Waals surface area contributed by atoms with E-state index < -0.39 is 24.4 Å². The molecule has 8 aliphatic rings. The number of aliphatic hydroxyl groups is 7. The lowest BCUT2D eigenvalue weighted by molar-refractivity contribution is -0.224. The normalized spacial score (nSPS) is 60.8. The largest absolute Gasteiger partial charge is 0.393 e. The highest BCUT2D eigenvalue weighted by Crippen LogP contribution is 2.67. The average molecular weight is 647 g/mol. The molecule has 46 heavy (non-hydrogen) atoms. The van der Waals surface area contributed by atoms with Crippen molar-refractivity contribution in [2.75, 3.05) is 0 Å². The summed E-state index contributed by atoms with van der Waals surface area (Å²) in [5.41, 5.74) is -0.397. The summed E-state index contributed by atoms with van der Waals surface area (Å²) in [5, 5.41) is 74.1. The molecular weight excluding hydrogens is 584 g/mol. The van der Waals surface area contributed by atoms with E-state index in [1.54, 1.807) is 0 Å². The Morgan fingerprint density at radius 1 is 0.478 bits per heavy atom. The monoisotopic (exact) mass is 646 g/mol. The predicted octanol–water partition coefficient (Wildman–Crippen LogP) is 3.59. The van der Waals surface area contributed by atoms with E-state index >= 15 is 0 Å². The number of rotatable bonds is 0. The van der Waals surface area contributed by atoms with E-state index in [2.05, 4.69) is 27.7 Å². The zero-order valence-corrected chi connectivity index (χ0v) is 28.6. The van der Waals surface area contributed by atoms with Gasteiger partial charge >= 0.3 is 0 Å². The first-order valence-electron chi connectivity index (χ1n) is 18.9. The molecule has 0 aromatic rings. The highest BCUT2D eigenvalue weighted by molar-refractivity contribution is 5.87. The third-order valence-corrected chi connectivity index (χ3v) is 17.1. The lowest BCUT2D eigenvalue weighted by Crippen LogP contribution is -2.64. The highest BCUT2D eigenvalue weighted by Gasteiger charge is 2.66. The smallest absolute Gasteiger partial charge is 0.139 e. The van der Waals surface area contributed by atoms with Crippen LogP contribution in [0.4, 0.5) is 0 Å². The second-order valence-electron chi connectivity index (χ2n) is 18.7. The Bertz CT molecular complexity index is 1180. The molecule has 7 N–H and O–H groups in total. The molecule has 19 atom stereocenters. The molecule has 0 amide bonds. The zero-order chi connectivity index (χ0) is 33.1. The van der Waals surface area contributed by atoms with Gasteiger partial charge in [-0.25, -0.2) is 0 Å². The molecule has 0 bridgehead atoms. The van der Waals surface area contributed by atoms with Crippen molar-refractivity contribution in [3.8, 4) is 0 Å². The fourth-order valence-electron chi connectivity index (χ4n) is 14.2. The van der Waals surface area contributed by atoms with Crippen LogP contribution in [0.1, 0.15) is 118 Å². The maximum atomic E-state index is 12.4. The summed E-state index contributed by atoms with van der Waals surface area (Å²) in [7, 11) is 0. The Morgan fingerprint density at radius 3 is 1.48 bits per heavy atom. The summed E-state index contributed by atoms with van der Waals surface area (Å²) in [6.07, 6.45) is 7.97. The number of hydrogen-bond acceptors (Lipinski definition) is 8. The van der Waals surface area contributed by atoms with Crippen molar-refractivity contribution in [3.05, 3.63) is 0 Å². The minimum Gasteiger partial charge on any atom is -0.393 e. The molecule has 0 aromatic carbocycles. The minimum absolute atomic E-state index is 0.00168. The summed E-state index contributed by atoms with van der Waals surface area (Å²) in [5.74, 6) is 1.75. The van der Waals surface area contributed by atoms with Gasteiger partial charge in [-0.2, -0.15) is 0 Å². The fourth-order valence-corrected chi connectivity index (χ4v) is 14.2. The van der Waals surface area contributed by atoms with Crippen molar-refractivity contribution in [2.24, 2.45) is 69.0 Å². The van der Waals surface area contributed by atoms with Crippen LogP contribution in [0.2, 0.25) is 0 Å². The number of hydrogen-bond donors (Lipinski definition) is 7. The molecule has 8 unspecified atom stereocenters. The minimum atomic E-state index is -0.769. The maximum Gasteiger partial charge on any atom is 0.139 e. The van der Waals surface area contributed by atoms with E-state index in [-0.39, 0.29) is 69.6 Å². The van der Waals surface area contributed by atoms with E-state index in [0.29, 0.717) is 42.8 Å². The number of carbonyl (C=O) groups is 1. The molecule has 0 radical (unpaired) electrons. The van der Waals surface area contributed by atoms with Crippen molar-refractivity contribution in [3.63, 3.8) is 0 Å².